The molecule has 1 aliphatic heterocycles. The van der Waals surface area contributed by atoms with Crippen LogP contribution in [0.3, 0.4) is 0 Å². The summed E-state index contributed by atoms with van der Waals surface area (Å²) in [7, 11) is 1.87. The first-order chi connectivity index (χ1) is 18.3. The minimum Gasteiger partial charge on any atom is -0.497 e. The van der Waals surface area contributed by atoms with E-state index in [9.17, 15) is 13.2 Å². The van der Waals surface area contributed by atoms with E-state index in [0.29, 0.717) is 35.9 Å². The highest BCUT2D eigenvalue weighted by atomic mass is 32.2. The summed E-state index contributed by atoms with van der Waals surface area (Å²) in [5.74, 6) is 0.515. The van der Waals surface area contributed by atoms with E-state index in [4.69, 9.17) is 9.72 Å². The number of ether oxygens (including phenoxy) is 1. The Kier molecular flexibility index (Phi) is 7.38. The zero-order chi connectivity index (χ0) is 26.9. The van der Waals surface area contributed by atoms with Gasteiger partial charge in [-0.05, 0) is 87.6 Å². The molecule has 1 aromatic heterocycles. The lowest BCUT2D eigenvalue weighted by Crippen LogP contribution is -2.33. The summed E-state index contributed by atoms with van der Waals surface area (Å²) >= 11 is 1.43. The van der Waals surface area contributed by atoms with Crippen LogP contribution in [-0.4, -0.2) is 65.0 Å². The highest BCUT2D eigenvalue weighted by molar-refractivity contribution is 7.92. The van der Waals surface area contributed by atoms with Crippen LogP contribution in [0, 0.1) is 0 Å². The van der Waals surface area contributed by atoms with Gasteiger partial charge >= 0.3 is 0 Å². The fourth-order valence-corrected chi connectivity index (χ4v) is 7.10. The molecule has 0 fully saturated rings. The van der Waals surface area contributed by atoms with Gasteiger partial charge in [0.1, 0.15) is 5.75 Å². The van der Waals surface area contributed by atoms with Gasteiger partial charge in [0, 0.05) is 18.7 Å². The molecule has 0 unspecified atom stereocenters. The van der Waals surface area contributed by atoms with E-state index < -0.39 is 10.0 Å². The molecule has 1 amide bonds. The molecule has 4 aromatic rings. The Labute approximate surface area is 227 Å². The third-order valence-electron chi connectivity index (χ3n) is 6.58. The molecule has 2 heterocycles. The average molecular weight is 551 g/mol. The Morgan fingerprint density at radius 1 is 1.05 bits per heavy atom. The highest BCUT2D eigenvalue weighted by Gasteiger charge is 2.31. The molecule has 0 radical (unpaired) electrons. The van der Waals surface area contributed by atoms with Gasteiger partial charge in [0.2, 0.25) is 0 Å². The van der Waals surface area contributed by atoms with Gasteiger partial charge < -0.3 is 9.64 Å². The van der Waals surface area contributed by atoms with Gasteiger partial charge in [0.15, 0.2) is 5.13 Å². The van der Waals surface area contributed by atoms with E-state index >= 15 is 0 Å². The molecule has 0 atom stereocenters. The molecule has 38 heavy (non-hydrogen) atoms. The van der Waals surface area contributed by atoms with Gasteiger partial charge in [-0.2, -0.15) is 0 Å². The third kappa shape index (κ3) is 5.11. The van der Waals surface area contributed by atoms with Crippen LogP contribution in [0.4, 0.5) is 10.8 Å². The SMILES string of the molecule is COc1ccc2nc(N(CCCN(C)C)C(=O)c3ccc(S(=O)(=O)N4CCc5ccccc54)cc3)sc2c1. The number of sulfonamides is 1. The van der Waals surface area contributed by atoms with Crippen molar-refractivity contribution in [3.05, 3.63) is 77.9 Å². The van der Waals surface area contributed by atoms with Crippen LogP contribution in [0.15, 0.2) is 71.6 Å². The van der Waals surface area contributed by atoms with Crippen LogP contribution in [0.5, 0.6) is 5.75 Å². The lowest BCUT2D eigenvalue weighted by atomic mass is 10.2. The lowest BCUT2D eigenvalue weighted by molar-refractivity contribution is 0.0986. The number of rotatable bonds is 9. The van der Waals surface area contributed by atoms with Gasteiger partial charge in [0.05, 0.1) is 27.9 Å². The molecule has 3 aromatic carbocycles. The van der Waals surface area contributed by atoms with Crippen molar-refractivity contribution in [3.8, 4) is 5.75 Å². The van der Waals surface area contributed by atoms with Crippen LogP contribution in [-0.2, 0) is 16.4 Å². The smallest absolute Gasteiger partial charge is 0.264 e. The molecule has 0 aliphatic carbocycles. The Balaban J connectivity index is 1.42. The zero-order valence-corrected chi connectivity index (χ0v) is 23.3. The van der Waals surface area contributed by atoms with Crippen LogP contribution < -0.4 is 13.9 Å². The summed E-state index contributed by atoms with van der Waals surface area (Å²) in [5.41, 5.74) is 2.94. The molecule has 0 saturated carbocycles. The second-order valence-electron chi connectivity index (χ2n) is 9.42. The normalized spacial score (nSPS) is 13.2. The molecule has 0 saturated heterocycles. The standard InChI is InChI=1S/C28H30N4O4S2/c1-30(2)16-6-17-31(28-29-24-14-11-22(36-3)19-26(24)37-28)27(33)21-9-12-23(13-10-21)38(34,35)32-18-15-20-7-4-5-8-25(20)32/h4-5,7-14,19H,6,15-18H2,1-3H3. The number of thiazole rings is 1. The van der Waals surface area contributed by atoms with Crippen molar-refractivity contribution < 1.29 is 17.9 Å². The largest absolute Gasteiger partial charge is 0.497 e. The molecule has 198 valence electrons. The molecule has 1 aliphatic rings. The molecule has 0 N–H and O–H groups in total. The molecular weight excluding hydrogens is 520 g/mol. The monoisotopic (exact) mass is 550 g/mol. The summed E-state index contributed by atoms with van der Waals surface area (Å²) in [6.07, 6.45) is 1.45. The maximum atomic E-state index is 13.7. The van der Waals surface area contributed by atoms with E-state index in [1.807, 2.05) is 56.6 Å². The number of carbonyl (C=O) groups excluding carboxylic acids is 1. The number of anilines is 2. The predicted octanol–water partition coefficient (Wildman–Crippen LogP) is 4.65. The van der Waals surface area contributed by atoms with Crippen molar-refractivity contribution in [2.24, 2.45) is 0 Å². The first-order valence-corrected chi connectivity index (χ1v) is 14.7. The number of benzene rings is 3. The number of methoxy groups -OCH3 is 1. The van der Waals surface area contributed by atoms with Gasteiger partial charge in [-0.25, -0.2) is 13.4 Å². The summed E-state index contributed by atoms with van der Waals surface area (Å²) in [6.45, 7) is 1.71. The summed E-state index contributed by atoms with van der Waals surface area (Å²) in [4.78, 5) is 22.3. The van der Waals surface area contributed by atoms with Gasteiger partial charge in [-0.1, -0.05) is 29.5 Å². The number of hydrogen-bond donors (Lipinski definition) is 0. The summed E-state index contributed by atoms with van der Waals surface area (Å²) < 4.78 is 34.5. The van der Waals surface area contributed by atoms with E-state index in [0.717, 1.165) is 34.5 Å². The number of fused-ring (bicyclic) bond motifs is 2. The number of amides is 1. The fraction of sp³-hybridized carbons (Fsp3) is 0.286. The van der Waals surface area contributed by atoms with Crippen LogP contribution in [0.1, 0.15) is 22.3 Å². The van der Waals surface area contributed by atoms with Crippen LogP contribution in [0.2, 0.25) is 0 Å². The Hall–Kier alpha value is -3.47. The third-order valence-corrected chi connectivity index (χ3v) is 9.45. The first kappa shape index (κ1) is 26.1. The van der Waals surface area contributed by atoms with Crippen molar-refractivity contribution in [3.63, 3.8) is 0 Å². The number of aromatic nitrogens is 1. The van der Waals surface area contributed by atoms with E-state index in [-0.39, 0.29) is 10.8 Å². The van der Waals surface area contributed by atoms with E-state index in [1.165, 1.54) is 27.8 Å². The fourth-order valence-electron chi connectivity index (χ4n) is 4.57. The molecule has 10 heteroatoms. The maximum Gasteiger partial charge on any atom is 0.264 e. The molecule has 0 spiro atoms. The molecular formula is C28H30N4O4S2. The molecule has 8 nitrogen and oxygen atoms in total. The molecule has 5 rings (SSSR count). The van der Waals surface area contributed by atoms with Gasteiger partial charge in [0.25, 0.3) is 15.9 Å². The quantitative estimate of drug-likeness (QED) is 0.302. The Morgan fingerprint density at radius 3 is 2.55 bits per heavy atom. The number of para-hydroxylation sites is 1. The van der Waals surface area contributed by atoms with E-state index in [2.05, 4.69) is 4.90 Å². The van der Waals surface area contributed by atoms with Crippen LogP contribution in [0.25, 0.3) is 10.2 Å². The van der Waals surface area contributed by atoms with Crippen molar-refractivity contribution in [1.82, 2.24) is 9.88 Å². The van der Waals surface area contributed by atoms with Crippen molar-refractivity contribution in [1.29, 1.82) is 0 Å². The van der Waals surface area contributed by atoms with Gasteiger partial charge in [-0.3, -0.25) is 14.0 Å². The predicted molar refractivity (Wildman–Crippen MR) is 152 cm³/mol. The lowest BCUT2D eigenvalue weighted by Gasteiger charge is -2.22. The second-order valence-corrected chi connectivity index (χ2v) is 12.3. The minimum atomic E-state index is -3.73. The van der Waals surface area contributed by atoms with Crippen LogP contribution >= 0.6 is 11.3 Å². The van der Waals surface area contributed by atoms with Crippen molar-refractivity contribution >= 4 is 48.3 Å². The average Bonchev–Trinajstić information content (AvgIpc) is 3.55. The summed E-state index contributed by atoms with van der Waals surface area (Å²) in [6, 6.07) is 19.4. The van der Waals surface area contributed by atoms with Crippen molar-refractivity contribution in [2.45, 2.75) is 17.7 Å². The number of nitrogens with zero attached hydrogens (tertiary/aromatic N) is 4. The second kappa shape index (κ2) is 10.7. The maximum absolute atomic E-state index is 13.7. The topological polar surface area (TPSA) is 83.0 Å². The van der Waals surface area contributed by atoms with E-state index in [1.54, 1.807) is 24.1 Å². The zero-order valence-electron chi connectivity index (χ0n) is 21.6. The highest BCUT2D eigenvalue weighted by Crippen LogP contribution is 2.34. The van der Waals surface area contributed by atoms with Crippen molar-refractivity contribution in [2.75, 3.05) is 50.0 Å². The number of carbonyl (C=O) groups is 1. The Morgan fingerprint density at radius 2 is 1.82 bits per heavy atom. The van der Waals surface area contributed by atoms with Gasteiger partial charge in [-0.15, -0.1) is 0 Å². The summed E-state index contributed by atoms with van der Waals surface area (Å²) in [5, 5.41) is 0.599. The first-order valence-electron chi connectivity index (χ1n) is 12.4. The Bertz CT molecular complexity index is 1570. The molecule has 0 bridgehead atoms. The number of hydrogen-bond acceptors (Lipinski definition) is 7. The minimum absolute atomic E-state index is 0.164.